The Balaban J connectivity index is 1.65. The van der Waals surface area contributed by atoms with Gasteiger partial charge in [0, 0.05) is 10.7 Å². The van der Waals surface area contributed by atoms with Gasteiger partial charge < -0.3 is 14.8 Å². The maximum atomic E-state index is 12.5. The molecule has 0 saturated carbocycles. The largest absolute Gasteiger partial charge is 0.490 e. The molecule has 0 saturated heterocycles. The minimum Gasteiger partial charge on any atom is -0.490 e. The average molecular weight is 514 g/mol. The molecule has 0 aliphatic rings. The van der Waals surface area contributed by atoms with Gasteiger partial charge in [0.2, 0.25) is 0 Å². The minimum atomic E-state index is -0.932. The highest BCUT2D eigenvalue weighted by atomic mass is 35.5. The Morgan fingerprint density at radius 2 is 1.77 bits per heavy atom. The van der Waals surface area contributed by atoms with Gasteiger partial charge >= 0.3 is 17.8 Å². The number of carbonyl (C=O) groups excluding carboxylic acids is 3. The first-order valence-corrected chi connectivity index (χ1v) is 11.2. The van der Waals surface area contributed by atoms with Crippen LogP contribution < -0.4 is 20.2 Å². The number of nitrogens with zero attached hydrogens (tertiary/aromatic N) is 1. The SMILES string of the molecule is CCOc1cc(/C=N\NC(=O)C(=O)Nc2cccc(C)c2)ccc1OC(=O)c1ccc(Cl)cc1Cl. The fraction of sp³-hybridized carbons (Fsp3) is 0.120. The Kier molecular flexibility index (Phi) is 8.83. The van der Waals surface area contributed by atoms with Crippen molar-refractivity contribution in [3.05, 3.63) is 87.4 Å². The molecular weight excluding hydrogens is 493 g/mol. The molecular formula is C25H21Cl2N3O5. The Hall–Kier alpha value is -3.88. The molecule has 0 heterocycles. The van der Waals surface area contributed by atoms with Crippen molar-refractivity contribution in [2.75, 3.05) is 11.9 Å². The molecule has 0 bridgehead atoms. The van der Waals surface area contributed by atoms with E-state index in [4.69, 9.17) is 32.7 Å². The van der Waals surface area contributed by atoms with Gasteiger partial charge in [-0.2, -0.15) is 5.10 Å². The maximum absolute atomic E-state index is 12.5. The fourth-order valence-corrected chi connectivity index (χ4v) is 3.38. The van der Waals surface area contributed by atoms with Crippen molar-refractivity contribution in [1.29, 1.82) is 0 Å². The van der Waals surface area contributed by atoms with Gasteiger partial charge in [0.25, 0.3) is 0 Å². The van der Waals surface area contributed by atoms with Crippen LogP contribution in [0.4, 0.5) is 5.69 Å². The van der Waals surface area contributed by atoms with Crippen molar-refractivity contribution >= 4 is 52.9 Å². The lowest BCUT2D eigenvalue weighted by molar-refractivity contribution is -0.136. The van der Waals surface area contributed by atoms with Crippen molar-refractivity contribution in [2.45, 2.75) is 13.8 Å². The topological polar surface area (TPSA) is 106 Å². The molecule has 0 radical (unpaired) electrons. The van der Waals surface area contributed by atoms with Crippen molar-refractivity contribution in [2.24, 2.45) is 5.10 Å². The maximum Gasteiger partial charge on any atom is 0.345 e. The molecule has 3 rings (SSSR count). The summed E-state index contributed by atoms with van der Waals surface area (Å²) in [7, 11) is 0. The molecule has 3 aromatic carbocycles. The lowest BCUT2D eigenvalue weighted by atomic mass is 10.2. The number of hydrogen-bond donors (Lipinski definition) is 2. The molecule has 2 N–H and O–H groups in total. The second-order valence-electron chi connectivity index (χ2n) is 7.18. The molecule has 35 heavy (non-hydrogen) atoms. The summed E-state index contributed by atoms with van der Waals surface area (Å²) < 4.78 is 11.0. The lowest BCUT2D eigenvalue weighted by Crippen LogP contribution is -2.32. The summed E-state index contributed by atoms with van der Waals surface area (Å²) in [6, 6.07) is 16.2. The number of hydrazone groups is 1. The van der Waals surface area contributed by atoms with E-state index in [0.717, 1.165) is 5.56 Å². The zero-order valence-corrected chi connectivity index (χ0v) is 20.3. The molecule has 8 nitrogen and oxygen atoms in total. The number of nitrogens with one attached hydrogen (secondary N) is 2. The first kappa shape index (κ1) is 25.7. The van der Waals surface area contributed by atoms with Crippen molar-refractivity contribution < 1.29 is 23.9 Å². The van der Waals surface area contributed by atoms with E-state index in [-0.39, 0.29) is 22.1 Å². The van der Waals surface area contributed by atoms with E-state index in [9.17, 15) is 14.4 Å². The number of hydrogen-bond acceptors (Lipinski definition) is 6. The van der Waals surface area contributed by atoms with Crippen LogP contribution >= 0.6 is 23.2 Å². The van der Waals surface area contributed by atoms with Gasteiger partial charge in [-0.05, 0) is 73.5 Å². The summed E-state index contributed by atoms with van der Waals surface area (Å²) >= 11 is 11.9. The smallest absolute Gasteiger partial charge is 0.345 e. The van der Waals surface area contributed by atoms with Gasteiger partial charge in [-0.3, -0.25) is 9.59 Å². The van der Waals surface area contributed by atoms with Crippen LogP contribution in [0.15, 0.2) is 65.8 Å². The number of anilines is 1. The third-order valence-corrected chi connectivity index (χ3v) is 5.03. The molecule has 10 heteroatoms. The van der Waals surface area contributed by atoms with Crippen LogP contribution in [-0.2, 0) is 9.59 Å². The predicted molar refractivity (Wildman–Crippen MR) is 135 cm³/mol. The van der Waals surface area contributed by atoms with Crippen LogP contribution in [0.3, 0.4) is 0 Å². The van der Waals surface area contributed by atoms with Gasteiger partial charge in [0.05, 0.1) is 23.4 Å². The van der Waals surface area contributed by atoms with Crippen LogP contribution in [0.25, 0.3) is 0 Å². The predicted octanol–water partition coefficient (Wildman–Crippen LogP) is 5.01. The zero-order valence-electron chi connectivity index (χ0n) is 18.8. The average Bonchev–Trinajstić information content (AvgIpc) is 2.80. The standard InChI is InChI=1S/C25H21Cl2N3O5/c1-3-34-22-12-16(7-10-21(22)35-25(33)19-9-8-17(26)13-20(19)27)14-28-30-24(32)23(31)29-18-6-4-5-15(2)11-18/h4-14H,3H2,1-2H3,(H,29,31)(H,30,32)/b28-14-. The highest BCUT2D eigenvalue weighted by Crippen LogP contribution is 2.30. The number of ether oxygens (including phenoxy) is 2. The minimum absolute atomic E-state index is 0.149. The Morgan fingerprint density at radius 1 is 0.971 bits per heavy atom. The number of aryl methyl sites for hydroxylation is 1. The number of halogens is 2. The summed E-state index contributed by atoms with van der Waals surface area (Å²) in [5.41, 5.74) is 4.28. The van der Waals surface area contributed by atoms with Gasteiger partial charge in [0.15, 0.2) is 11.5 Å². The normalized spacial score (nSPS) is 10.6. The molecule has 0 aliphatic carbocycles. The summed E-state index contributed by atoms with van der Waals surface area (Å²) in [6.07, 6.45) is 1.32. The fourth-order valence-electron chi connectivity index (χ4n) is 2.89. The molecule has 0 spiro atoms. The number of esters is 1. The molecule has 2 amide bonds. The third-order valence-electron chi connectivity index (χ3n) is 4.48. The Bertz CT molecular complexity index is 1290. The van der Waals surface area contributed by atoms with E-state index >= 15 is 0 Å². The summed E-state index contributed by atoms with van der Waals surface area (Å²) in [5.74, 6) is -2.02. The van der Waals surface area contributed by atoms with E-state index in [1.165, 1.54) is 30.5 Å². The molecule has 0 fully saturated rings. The second kappa shape index (κ2) is 12.0. The van der Waals surface area contributed by atoms with Gasteiger partial charge in [-0.15, -0.1) is 0 Å². The van der Waals surface area contributed by atoms with E-state index in [1.807, 2.05) is 13.0 Å². The van der Waals surface area contributed by atoms with Crippen LogP contribution in [0.1, 0.15) is 28.4 Å². The zero-order chi connectivity index (χ0) is 25.4. The quantitative estimate of drug-likeness (QED) is 0.152. The Labute approximate surface area is 211 Å². The molecule has 180 valence electrons. The number of benzene rings is 3. The third kappa shape index (κ3) is 7.30. The van der Waals surface area contributed by atoms with Crippen LogP contribution in [0.5, 0.6) is 11.5 Å². The molecule has 0 aliphatic heterocycles. The molecule has 0 aromatic heterocycles. The van der Waals surface area contributed by atoms with E-state index in [0.29, 0.717) is 22.9 Å². The number of amides is 2. The van der Waals surface area contributed by atoms with Gasteiger partial charge in [0.1, 0.15) is 0 Å². The van der Waals surface area contributed by atoms with Gasteiger partial charge in [-0.1, -0.05) is 35.3 Å². The number of rotatable bonds is 7. The second-order valence-corrected chi connectivity index (χ2v) is 8.02. The van der Waals surface area contributed by atoms with Crippen molar-refractivity contribution in [3.63, 3.8) is 0 Å². The molecule has 3 aromatic rings. The van der Waals surface area contributed by atoms with Crippen LogP contribution in [-0.4, -0.2) is 30.6 Å². The summed E-state index contributed by atoms with van der Waals surface area (Å²) in [4.78, 5) is 36.6. The van der Waals surface area contributed by atoms with Crippen LogP contribution in [0, 0.1) is 6.92 Å². The van der Waals surface area contributed by atoms with Crippen LogP contribution in [0.2, 0.25) is 10.0 Å². The van der Waals surface area contributed by atoms with Crippen molar-refractivity contribution in [3.8, 4) is 11.5 Å². The first-order valence-electron chi connectivity index (χ1n) is 10.4. The summed E-state index contributed by atoms with van der Waals surface area (Å²) in [6.45, 7) is 3.95. The highest BCUT2D eigenvalue weighted by molar-refractivity contribution is 6.39. The van der Waals surface area contributed by atoms with E-state index in [2.05, 4.69) is 15.8 Å². The van der Waals surface area contributed by atoms with E-state index in [1.54, 1.807) is 37.3 Å². The molecule has 0 unspecified atom stereocenters. The Morgan fingerprint density at radius 3 is 2.49 bits per heavy atom. The lowest BCUT2D eigenvalue weighted by Gasteiger charge is -2.12. The first-order chi connectivity index (χ1) is 16.8. The monoisotopic (exact) mass is 513 g/mol. The number of carbonyl (C=O) groups is 3. The van der Waals surface area contributed by atoms with Gasteiger partial charge in [-0.25, -0.2) is 10.2 Å². The molecule has 0 atom stereocenters. The van der Waals surface area contributed by atoms with Crippen molar-refractivity contribution in [1.82, 2.24) is 5.43 Å². The highest BCUT2D eigenvalue weighted by Gasteiger charge is 2.17. The summed E-state index contributed by atoms with van der Waals surface area (Å²) in [5, 5.41) is 6.85. The van der Waals surface area contributed by atoms with E-state index < -0.39 is 17.8 Å².